The maximum absolute atomic E-state index is 12.8. The maximum Gasteiger partial charge on any atom is 0.242 e. The van der Waals surface area contributed by atoms with Crippen molar-refractivity contribution in [3.8, 4) is 0 Å². The van der Waals surface area contributed by atoms with Gasteiger partial charge in [-0.3, -0.25) is 9.78 Å². The molecule has 0 spiro atoms. The van der Waals surface area contributed by atoms with Crippen LogP contribution in [0.15, 0.2) is 41.4 Å². The third kappa shape index (κ3) is 4.89. The van der Waals surface area contributed by atoms with Crippen LogP contribution in [0.4, 0.5) is 0 Å². The zero-order valence-electron chi connectivity index (χ0n) is 16.5. The smallest absolute Gasteiger partial charge is 0.242 e. The normalized spacial score (nSPS) is 21.4. The zero-order chi connectivity index (χ0) is 20.1. The second-order valence-electron chi connectivity index (χ2n) is 7.72. The van der Waals surface area contributed by atoms with E-state index in [9.17, 15) is 13.2 Å². The summed E-state index contributed by atoms with van der Waals surface area (Å²) < 4.78 is 28.4. The van der Waals surface area contributed by atoms with Crippen molar-refractivity contribution >= 4 is 26.8 Å². The molecular weight excluding hydrogens is 374 g/mol. The number of aromatic nitrogens is 1. The molecule has 0 saturated heterocycles. The van der Waals surface area contributed by atoms with Crippen LogP contribution in [-0.2, 0) is 14.8 Å². The first-order chi connectivity index (χ1) is 13.4. The van der Waals surface area contributed by atoms with Gasteiger partial charge in [-0.05, 0) is 57.1 Å². The fourth-order valence-corrected chi connectivity index (χ4v) is 4.98. The van der Waals surface area contributed by atoms with Crippen molar-refractivity contribution in [2.75, 3.05) is 6.54 Å². The number of rotatable bonds is 7. The van der Waals surface area contributed by atoms with Gasteiger partial charge in [-0.15, -0.1) is 0 Å². The van der Waals surface area contributed by atoms with Crippen LogP contribution >= 0.6 is 0 Å². The summed E-state index contributed by atoms with van der Waals surface area (Å²) >= 11 is 0. The van der Waals surface area contributed by atoms with Crippen molar-refractivity contribution in [3.05, 3.63) is 36.5 Å². The molecule has 1 aliphatic carbocycles. The number of pyridine rings is 1. The number of nitrogens with zero attached hydrogens (tertiary/aromatic N) is 1. The molecule has 1 atom stereocenters. The number of fused-ring (bicyclic) bond motifs is 1. The lowest BCUT2D eigenvalue weighted by atomic mass is 9.81. The SMILES string of the molecule is CC[C@H](C)NC(=O)C1CCC(CNS(=O)(=O)c2cccc3cccnc23)CC1. The van der Waals surface area contributed by atoms with Crippen LogP contribution in [0.1, 0.15) is 46.0 Å². The molecule has 1 aliphatic rings. The Hall–Kier alpha value is -1.99. The lowest BCUT2D eigenvalue weighted by Crippen LogP contribution is -2.39. The number of amides is 1. The van der Waals surface area contributed by atoms with Crippen molar-refractivity contribution in [3.63, 3.8) is 0 Å². The van der Waals surface area contributed by atoms with E-state index in [4.69, 9.17) is 0 Å². The zero-order valence-corrected chi connectivity index (χ0v) is 17.3. The van der Waals surface area contributed by atoms with Gasteiger partial charge in [0.2, 0.25) is 15.9 Å². The second-order valence-corrected chi connectivity index (χ2v) is 9.45. The summed E-state index contributed by atoms with van der Waals surface area (Å²) in [6.45, 7) is 4.46. The topological polar surface area (TPSA) is 88.2 Å². The van der Waals surface area contributed by atoms with Crippen LogP contribution in [0, 0.1) is 11.8 Å². The molecule has 1 aromatic heterocycles. The summed E-state index contributed by atoms with van der Waals surface area (Å²) in [6, 6.07) is 9.03. The number of sulfonamides is 1. The molecule has 7 heteroatoms. The molecule has 1 fully saturated rings. The Labute approximate surface area is 167 Å². The van der Waals surface area contributed by atoms with Gasteiger partial charge in [0.15, 0.2) is 0 Å². The van der Waals surface area contributed by atoms with Crippen LogP contribution in [0.25, 0.3) is 10.9 Å². The summed E-state index contributed by atoms with van der Waals surface area (Å²) in [6.07, 6.45) is 5.86. The van der Waals surface area contributed by atoms with Gasteiger partial charge in [-0.1, -0.05) is 25.1 Å². The first-order valence-electron chi connectivity index (χ1n) is 10.0. The number of carbonyl (C=O) groups excluding carboxylic acids is 1. The van der Waals surface area contributed by atoms with E-state index in [-0.39, 0.29) is 28.7 Å². The van der Waals surface area contributed by atoms with Gasteiger partial charge in [0, 0.05) is 30.1 Å². The highest BCUT2D eigenvalue weighted by molar-refractivity contribution is 7.89. The van der Waals surface area contributed by atoms with E-state index in [2.05, 4.69) is 21.9 Å². The van der Waals surface area contributed by atoms with Crippen LogP contribution in [0.2, 0.25) is 0 Å². The number of hydrogen-bond donors (Lipinski definition) is 2. The Bertz CT molecular complexity index is 916. The van der Waals surface area contributed by atoms with E-state index >= 15 is 0 Å². The molecule has 3 rings (SSSR count). The number of benzene rings is 1. The minimum atomic E-state index is -3.63. The second kappa shape index (κ2) is 9.01. The molecule has 0 aliphatic heterocycles. The highest BCUT2D eigenvalue weighted by Gasteiger charge is 2.28. The van der Waals surface area contributed by atoms with Gasteiger partial charge in [0.1, 0.15) is 4.90 Å². The molecule has 1 heterocycles. The lowest BCUT2D eigenvalue weighted by molar-refractivity contribution is -0.126. The van der Waals surface area contributed by atoms with E-state index in [1.165, 1.54) is 0 Å². The highest BCUT2D eigenvalue weighted by Crippen LogP contribution is 2.29. The number of carbonyl (C=O) groups is 1. The average molecular weight is 404 g/mol. The third-order valence-electron chi connectivity index (χ3n) is 5.67. The van der Waals surface area contributed by atoms with Crippen molar-refractivity contribution < 1.29 is 13.2 Å². The van der Waals surface area contributed by atoms with E-state index < -0.39 is 10.0 Å². The Morgan fingerprint density at radius 2 is 1.89 bits per heavy atom. The fraction of sp³-hybridized carbons (Fsp3) is 0.524. The van der Waals surface area contributed by atoms with Crippen LogP contribution in [-0.4, -0.2) is 31.9 Å². The van der Waals surface area contributed by atoms with Gasteiger partial charge in [0.05, 0.1) is 5.52 Å². The first-order valence-corrected chi connectivity index (χ1v) is 11.5. The molecule has 1 aromatic carbocycles. The third-order valence-corrected chi connectivity index (χ3v) is 7.12. The summed E-state index contributed by atoms with van der Waals surface area (Å²) in [4.78, 5) is 16.7. The Morgan fingerprint density at radius 3 is 2.61 bits per heavy atom. The van der Waals surface area contributed by atoms with Crippen molar-refractivity contribution in [1.82, 2.24) is 15.0 Å². The highest BCUT2D eigenvalue weighted by atomic mass is 32.2. The van der Waals surface area contributed by atoms with Crippen molar-refractivity contribution in [2.24, 2.45) is 11.8 Å². The molecule has 28 heavy (non-hydrogen) atoms. The van der Waals surface area contributed by atoms with E-state index in [0.717, 1.165) is 37.5 Å². The Kier molecular flexibility index (Phi) is 6.67. The number of hydrogen-bond acceptors (Lipinski definition) is 4. The van der Waals surface area contributed by atoms with Gasteiger partial charge in [0.25, 0.3) is 0 Å². The molecule has 0 bridgehead atoms. The quantitative estimate of drug-likeness (QED) is 0.743. The minimum Gasteiger partial charge on any atom is -0.353 e. The largest absolute Gasteiger partial charge is 0.353 e. The predicted octanol–water partition coefficient (Wildman–Crippen LogP) is 3.23. The predicted molar refractivity (Wildman–Crippen MR) is 110 cm³/mol. The molecule has 2 N–H and O–H groups in total. The first kappa shape index (κ1) is 20.7. The molecule has 0 radical (unpaired) electrons. The van der Waals surface area contributed by atoms with Gasteiger partial charge in [-0.25, -0.2) is 13.1 Å². The van der Waals surface area contributed by atoms with Crippen LogP contribution < -0.4 is 10.0 Å². The number of para-hydroxylation sites is 1. The van der Waals surface area contributed by atoms with E-state index in [0.29, 0.717) is 12.1 Å². The van der Waals surface area contributed by atoms with Crippen molar-refractivity contribution in [2.45, 2.75) is 56.9 Å². The van der Waals surface area contributed by atoms with E-state index in [1.54, 1.807) is 24.4 Å². The summed E-state index contributed by atoms with van der Waals surface area (Å²) in [5.41, 5.74) is 0.489. The molecule has 152 valence electrons. The summed E-state index contributed by atoms with van der Waals surface area (Å²) in [5.74, 6) is 0.435. The average Bonchev–Trinajstić information content (AvgIpc) is 2.72. The molecule has 0 unspecified atom stereocenters. The van der Waals surface area contributed by atoms with Gasteiger partial charge >= 0.3 is 0 Å². The maximum atomic E-state index is 12.8. The van der Waals surface area contributed by atoms with Crippen molar-refractivity contribution in [1.29, 1.82) is 0 Å². The van der Waals surface area contributed by atoms with Gasteiger partial charge < -0.3 is 5.32 Å². The minimum absolute atomic E-state index is 0.0455. The standard InChI is InChI=1S/C21H29N3O3S/c1-3-15(2)24-21(25)18-11-9-16(10-12-18)14-23-28(26,27)19-8-4-6-17-7-5-13-22-20(17)19/h4-8,13,15-16,18,23H,3,9-12,14H2,1-2H3,(H,24,25)/t15-,16?,18?/m0/s1. The summed E-state index contributed by atoms with van der Waals surface area (Å²) in [7, 11) is -3.63. The van der Waals surface area contributed by atoms with Gasteiger partial charge in [-0.2, -0.15) is 0 Å². The fourth-order valence-electron chi connectivity index (χ4n) is 3.69. The Balaban J connectivity index is 1.57. The van der Waals surface area contributed by atoms with Crippen LogP contribution in [0.3, 0.4) is 0 Å². The molecular formula is C21H29N3O3S. The molecule has 1 saturated carbocycles. The van der Waals surface area contributed by atoms with E-state index in [1.807, 2.05) is 19.1 Å². The number of nitrogens with one attached hydrogen (secondary N) is 2. The summed E-state index contributed by atoms with van der Waals surface area (Å²) in [5, 5.41) is 3.86. The monoisotopic (exact) mass is 403 g/mol. The molecule has 6 nitrogen and oxygen atoms in total. The molecule has 1 amide bonds. The van der Waals surface area contributed by atoms with Crippen LogP contribution in [0.5, 0.6) is 0 Å². The molecule has 2 aromatic rings. The lowest BCUT2D eigenvalue weighted by Gasteiger charge is -2.28. The Morgan fingerprint density at radius 1 is 1.18 bits per heavy atom.